The van der Waals surface area contributed by atoms with Gasteiger partial charge in [0.1, 0.15) is 0 Å². The van der Waals surface area contributed by atoms with Crippen LogP contribution in [0.2, 0.25) is 0 Å². The molecule has 114 valence electrons. The molecule has 0 spiro atoms. The first-order chi connectivity index (χ1) is 9.63. The molecule has 1 aromatic heterocycles. The number of thiazole rings is 1. The van der Waals surface area contributed by atoms with Crippen LogP contribution in [0.15, 0.2) is 11.6 Å². The predicted octanol–water partition coefficient (Wildman–Crippen LogP) is 1.02. The van der Waals surface area contributed by atoms with Crippen LogP contribution in [0.1, 0.15) is 13.3 Å². The van der Waals surface area contributed by atoms with E-state index in [9.17, 15) is 8.42 Å². The van der Waals surface area contributed by atoms with Gasteiger partial charge in [-0.25, -0.2) is 17.7 Å². The summed E-state index contributed by atoms with van der Waals surface area (Å²) in [5.41, 5.74) is 0. The molecule has 0 aromatic carbocycles. The lowest BCUT2D eigenvalue weighted by Gasteiger charge is -2.21. The molecule has 0 atom stereocenters. The van der Waals surface area contributed by atoms with Gasteiger partial charge in [-0.15, -0.1) is 11.3 Å². The summed E-state index contributed by atoms with van der Waals surface area (Å²) in [5, 5.41) is 2.91. The lowest BCUT2D eigenvalue weighted by atomic mass is 10.4. The van der Waals surface area contributed by atoms with E-state index < -0.39 is 10.0 Å². The maximum atomic E-state index is 12.2. The third kappa shape index (κ3) is 4.15. The quantitative estimate of drug-likeness (QED) is 0.733. The molecule has 2 rings (SSSR count). The highest BCUT2D eigenvalue weighted by molar-refractivity contribution is 7.89. The fraction of sp³-hybridized carbons (Fsp3) is 0.750. The summed E-state index contributed by atoms with van der Waals surface area (Å²) in [4.78, 5) is 6.44. The van der Waals surface area contributed by atoms with E-state index in [1.807, 2.05) is 12.3 Å². The SMILES string of the molecule is CCOCCS(=O)(=O)N1CCCN(c2nccs2)CC1. The van der Waals surface area contributed by atoms with Crippen LogP contribution in [-0.2, 0) is 14.8 Å². The highest BCUT2D eigenvalue weighted by Gasteiger charge is 2.25. The number of sulfonamides is 1. The summed E-state index contributed by atoms with van der Waals surface area (Å²) in [5.74, 6) is 0.0676. The average molecular weight is 319 g/mol. The van der Waals surface area contributed by atoms with Crippen molar-refractivity contribution in [3.05, 3.63) is 11.6 Å². The van der Waals surface area contributed by atoms with E-state index in [4.69, 9.17) is 4.74 Å². The Morgan fingerprint density at radius 3 is 2.90 bits per heavy atom. The van der Waals surface area contributed by atoms with Crippen LogP contribution in [0.4, 0.5) is 5.13 Å². The monoisotopic (exact) mass is 319 g/mol. The summed E-state index contributed by atoms with van der Waals surface area (Å²) in [6.07, 6.45) is 2.61. The molecule has 0 N–H and O–H groups in total. The van der Waals surface area contributed by atoms with Crippen LogP contribution in [0.3, 0.4) is 0 Å². The number of hydrogen-bond donors (Lipinski definition) is 0. The Morgan fingerprint density at radius 1 is 1.35 bits per heavy atom. The lowest BCUT2D eigenvalue weighted by molar-refractivity contribution is 0.162. The molecular formula is C12H21N3O3S2. The highest BCUT2D eigenvalue weighted by atomic mass is 32.2. The zero-order chi connectivity index (χ0) is 14.4. The van der Waals surface area contributed by atoms with Gasteiger partial charge >= 0.3 is 0 Å². The van der Waals surface area contributed by atoms with Crippen LogP contribution in [0, 0.1) is 0 Å². The molecule has 6 nitrogen and oxygen atoms in total. The molecule has 0 aliphatic carbocycles. The molecule has 1 aliphatic heterocycles. The second-order valence-electron chi connectivity index (χ2n) is 4.57. The number of nitrogens with zero attached hydrogens (tertiary/aromatic N) is 3. The van der Waals surface area contributed by atoms with E-state index in [1.54, 1.807) is 21.8 Å². The number of aromatic nitrogens is 1. The largest absolute Gasteiger partial charge is 0.381 e. The Kier molecular flexibility index (Phi) is 5.76. The zero-order valence-electron chi connectivity index (χ0n) is 11.7. The fourth-order valence-corrected chi connectivity index (χ4v) is 4.22. The number of rotatable bonds is 6. The third-order valence-corrected chi connectivity index (χ3v) is 5.89. The summed E-state index contributed by atoms with van der Waals surface area (Å²) in [6, 6.07) is 0. The maximum absolute atomic E-state index is 12.2. The Labute approximate surface area is 124 Å². The molecule has 1 fully saturated rings. The lowest BCUT2D eigenvalue weighted by Crippen LogP contribution is -2.37. The van der Waals surface area contributed by atoms with Crippen LogP contribution in [-0.4, -0.2) is 62.9 Å². The Balaban J connectivity index is 1.92. The van der Waals surface area contributed by atoms with Gasteiger partial charge in [-0.3, -0.25) is 0 Å². The number of anilines is 1. The number of hydrogen-bond acceptors (Lipinski definition) is 6. The van der Waals surface area contributed by atoms with E-state index in [-0.39, 0.29) is 12.4 Å². The normalized spacial score (nSPS) is 18.1. The van der Waals surface area contributed by atoms with Gasteiger partial charge in [0, 0.05) is 44.4 Å². The Hall–Kier alpha value is -0.700. The number of ether oxygens (including phenoxy) is 1. The third-order valence-electron chi connectivity index (χ3n) is 3.23. The van der Waals surface area contributed by atoms with Gasteiger partial charge in [0.15, 0.2) is 5.13 Å². The van der Waals surface area contributed by atoms with E-state index in [0.717, 1.165) is 18.1 Å². The first-order valence-corrected chi connectivity index (χ1v) is 9.32. The molecule has 0 radical (unpaired) electrons. The van der Waals surface area contributed by atoms with Crippen molar-refractivity contribution in [3.8, 4) is 0 Å². The van der Waals surface area contributed by atoms with E-state index in [2.05, 4.69) is 9.88 Å². The molecule has 0 saturated carbocycles. The van der Waals surface area contributed by atoms with Crippen molar-refractivity contribution >= 4 is 26.5 Å². The van der Waals surface area contributed by atoms with Crippen molar-refractivity contribution in [2.45, 2.75) is 13.3 Å². The summed E-state index contributed by atoms with van der Waals surface area (Å²) >= 11 is 1.59. The molecule has 0 bridgehead atoms. The van der Waals surface area contributed by atoms with Crippen molar-refractivity contribution in [2.75, 3.05) is 50.0 Å². The molecule has 0 unspecified atom stereocenters. The van der Waals surface area contributed by atoms with Crippen molar-refractivity contribution in [1.29, 1.82) is 0 Å². The minimum absolute atomic E-state index is 0.0676. The van der Waals surface area contributed by atoms with Crippen molar-refractivity contribution in [2.24, 2.45) is 0 Å². The second-order valence-corrected chi connectivity index (χ2v) is 7.53. The molecule has 1 saturated heterocycles. The first kappa shape index (κ1) is 15.7. The molecule has 1 aliphatic rings. The maximum Gasteiger partial charge on any atom is 0.216 e. The van der Waals surface area contributed by atoms with Gasteiger partial charge < -0.3 is 9.64 Å². The standard InChI is InChI=1S/C12H21N3O3S2/c1-2-18-9-11-20(16,17)15-6-3-5-14(7-8-15)12-13-4-10-19-12/h4,10H,2-3,5-9,11H2,1H3. The van der Waals surface area contributed by atoms with Gasteiger partial charge in [-0.2, -0.15) is 0 Å². The highest BCUT2D eigenvalue weighted by Crippen LogP contribution is 2.19. The van der Waals surface area contributed by atoms with Gasteiger partial charge in [0.05, 0.1) is 12.4 Å². The zero-order valence-corrected chi connectivity index (χ0v) is 13.3. The molecule has 0 amide bonds. The average Bonchev–Trinajstić information content (AvgIpc) is 2.83. The molecule has 8 heteroatoms. The Morgan fingerprint density at radius 2 is 2.20 bits per heavy atom. The predicted molar refractivity (Wildman–Crippen MR) is 80.8 cm³/mol. The van der Waals surface area contributed by atoms with Crippen molar-refractivity contribution < 1.29 is 13.2 Å². The molecular weight excluding hydrogens is 298 g/mol. The molecule has 20 heavy (non-hydrogen) atoms. The van der Waals surface area contributed by atoms with E-state index >= 15 is 0 Å². The van der Waals surface area contributed by atoms with Crippen LogP contribution in [0.25, 0.3) is 0 Å². The van der Waals surface area contributed by atoms with E-state index in [1.165, 1.54) is 0 Å². The second kappa shape index (κ2) is 7.35. The smallest absolute Gasteiger partial charge is 0.216 e. The first-order valence-electron chi connectivity index (χ1n) is 6.83. The van der Waals surface area contributed by atoms with E-state index in [0.29, 0.717) is 26.2 Å². The fourth-order valence-electron chi connectivity index (χ4n) is 2.17. The summed E-state index contributed by atoms with van der Waals surface area (Å²) < 4.78 is 31.2. The van der Waals surface area contributed by atoms with Gasteiger partial charge in [-0.1, -0.05) is 0 Å². The molecule has 1 aromatic rings. The van der Waals surface area contributed by atoms with Crippen LogP contribution < -0.4 is 4.90 Å². The van der Waals surface area contributed by atoms with Gasteiger partial charge in [0.25, 0.3) is 0 Å². The van der Waals surface area contributed by atoms with Gasteiger partial charge in [0.2, 0.25) is 10.0 Å². The Bertz CT molecular complexity index is 490. The minimum atomic E-state index is -3.21. The minimum Gasteiger partial charge on any atom is -0.381 e. The summed E-state index contributed by atoms with van der Waals surface area (Å²) in [7, 11) is -3.21. The molecule has 2 heterocycles. The van der Waals surface area contributed by atoms with Crippen LogP contribution in [0.5, 0.6) is 0 Å². The topological polar surface area (TPSA) is 62.7 Å². The van der Waals surface area contributed by atoms with Crippen LogP contribution >= 0.6 is 11.3 Å². The van der Waals surface area contributed by atoms with Crippen molar-refractivity contribution in [3.63, 3.8) is 0 Å². The summed E-state index contributed by atoms with van der Waals surface area (Å²) in [6.45, 7) is 5.33. The van der Waals surface area contributed by atoms with Gasteiger partial charge in [-0.05, 0) is 13.3 Å². The van der Waals surface area contributed by atoms with Crippen molar-refractivity contribution in [1.82, 2.24) is 9.29 Å².